The molecule has 3 nitrogen and oxygen atoms in total. The molecule has 0 bridgehead atoms. The van der Waals surface area contributed by atoms with Gasteiger partial charge >= 0.3 is 0 Å². The van der Waals surface area contributed by atoms with Crippen molar-refractivity contribution in [2.75, 3.05) is 12.8 Å². The molecule has 3 N–H and O–H groups in total. The van der Waals surface area contributed by atoms with E-state index in [0.717, 1.165) is 0 Å². The third-order valence-corrected chi connectivity index (χ3v) is 2.62. The van der Waals surface area contributed by atoms with E-state index < -0.39 is 0 Å². The molecular formula is C8H12N2OS. The van der Waals surface area contributed by atoms with Crippen molar-refractivity contribution in [1.29, 1.82) is 0 Å². The number of hydrogen-bond donors (Lipinski definition) is 2. The number of carbonyl (C=O) groups excluding carboxylic acids is 1. The van der Waals surface area contributed by atoms with Crippen LogP contribution in [0.15, 0.2) is 12.1 Å². The van der Waals surface area contributed by atoms with Gasteiger partial charge in [0.15, 0.2) is 5.78 Å². The number of anilines is 1. The van der Waals surface area contributed by atoms with Crippen LogP contribution in [0, 0.1) is 0 Å². The number of likely N-dealkylation sites (N-methyl/N-ethyl adjacent to an activating group) is 1. The number of hydrogen-bond acceptors (Lipinski definition) is 4. The van der Waals surface area contributed by atoms with Gasteiger partial charge in [-0.25, -0.2) is 0 Å². The molecule has 1 heterocycles. The minimum atomic E-state index is -0.136. The molecule has 0 radical (unpaired) electrons. The second-order valence-electron chi connectivity index (χ2n) is 2.58. The van der Waals surface area contributed by atoms with Gasteiger partial charge < -0.3 is 11.1 Å². The van der Waals surface area contributed by atoms with Crippen LogP contribution in [0.3, 0.4) is 0 Å². The quantitative estimate of drug-likeness (QED) is 0.692. The van der Waals surface area contributed by atoms with E-state index in [0.29, 0.717) is 9.88 Å². The third-order valence-electron chi connectivity index (χ3n) is 1.70. The second-order valence-corrected chi connectivity index (χ2v) is 3.69. The summed E-state index contributed by atoms with van der Waals surface area (Å²) < 4.78 is 0. The highest BCUT2D eigenvalue weighted by Crippen LogP contribution is 2.19. The highest BCUT2D eigenvalue weighted by atomic mass is 32.1. The molecule has 1 atom stereocenters. The molecule has 1 aromatic rings. The third kappa shape index (κ3) is 1.84. The predicted molar refractivity (Wildman–Crippen MR) is 51.6 cm³/mol. The molecule has 0 saturated carbocycles. The minimum Gasteiger partial charge on any atom is -0.391 e. The number of nitrogens with two attached hydrogens (primary N) is 1. The fourth-order valence-corrected chi connectivity index (χ4v) is 1.63. The molecule has 0 fully saturated rings. The number of thiophene rings is 1. The van der Waals surface area contributed by atoms with Gasteiger partial charge in [-0.1, -0.05) is 0 Å². The predicted octanol–water partition coefficient (Wildman–Crippen LogP) is 1.12. The van der Waals surface area contributed by atoms with Crippen molar-refractivity contribution >= 4 is 22.1 Å². The average Bonchev–Trinajstić information content (AvgIpc) is 2.49. The molecule has 0 aliphatic carbocycles. The highest BCUT2D eigenvalue weighted by molar-refractivity contribution is 7.17. The zero-order valence-electron chi connectivity index (χ0n) is 7.13. The SMILES string of the molecule is CNC(C)C(=O)c1ccc(N)s1. The lowest BCUT2D eigenvalue weighted by Crippen LogP contribution is -2.30. The number of Topliss-reactive ketones (excluding diaryl/α,β-unsaturated/α-hetero) is 1. The van der Waals surface area contributed by atoms with E-state index >= 15 is 0 Å². The van der Waals surface area contributed by atoms with Gasteiger partial charge in [0, 0.05) is 0 Å². The molecule has 1 unspecified atom stereocenters. The molecule has 1 aromatic heterocycles. The normalized spacial score (nSPS) is 12.8. The fraction of sp³-hybridized carbons (Fsp3) is 0.375. The summed E-state index contributed by atoms with van der Waals surface area (Å²) in [6.45, 7) is 1.83. The van der Waals surface area contributed by atoms with Crippen LogP contribution in [-0.4, -0.2) is 18.9 Å². The van der Waals surface area contributed by atoms with Crippen LogP contribution in [0.4, 0.5) is 5.00 Å². The standard InChI is InChI=1S/C8H12N2OS/c1-5(10-2)8(11)6-3-4-7(9)12-6/h3-5,10H,9H2,1-2H3. The Morgan fingerprint density at radius 1 is 1.67 bits per heavy atom. The zero-order valence-corrected chi connectivity index (χ0v) is 7.94. The first-order valence-corrected chi connectivity index (χ1v) is 4.53. The Labute approximate surface area is 75.6 Å². The lowest BCUT2D eigenvalue weighted by Gasteiger charge is -2.05. The first-order valence-electron chi connectivity index (χ1n) is 3.72. The molecule has 0 amide bonds. The van der Waals surface area contributed by atoms with Crippen LogP contribution in [0.5, 0.6) is 0 Å². The summed E-state index contributed by atoms with van der Waals surface area (Å²) in [5.41, 5.74) is 5.50. The minimum absolute atomic E-state index is 0.0965. The maximum absolute atomic E-state index is 11.5. The van der Waals surface area contributed by atoms with E-state index in [-0.39, 0.29) is 11.8 Å². The lowest BCUT2D eigenvalue weighted by atomic mass is 10.2. The van der Waals surface area contributed by atoms with Crippen molar-refractivity contribution in [3.63, 3.8) is 0 Å². The molecule has 4 heteroatoms. The summed E-state index contributed by atoms with van der Waals surface area (Å²) in [4.78, 5) is 12.2. The van der Waals surface area contributed by atoms with Crippen molar-refractivity contribution < 1.29 is 4.79 Å². The molecule has 0 saturated heterocycles. The molecule has 0 aromatic carbocycles. The van der Waals surface area contributed by atoms with Crippen LogP contribution in [0.1, 0.15) is 16.6 Å². The Hall–Kier alpha value is -0.870. The number of ketones is 1. The van der Waals surface area contributed by atoms with Crippen LogP contribution in [-0.2, 0) is 0 Å². The number of carbonyl (C=O) groups is 1. The summed E-state index contributed by atoms with van der Waals surface area (Å²) in [6.07, 6.45) is 0. The monoisotopic (exact) mass is 184 g/mol. The topological polar surface area (TPSA) is 55.1 Å². The van der Waals surface area contributed by atoms with E-state index in [2.05, 4.69) is 5.32 Å². The number of nitrogens with one attached hydrogen (secondary N) is 1. The first kappa shape index (κ1) is 9.22. The van der Waals surface area contributed by atoms with Crippen molar-refractivity contribution in [2.45, 2.75) is 13.0 Å². The smallest absolute Gasteiger partial charge is 0.189 e. The average molecular weight is 184 g/mol. The van der Waals surface area contributed by atoms with E-state index in [1.807, 2.05) is 6.92 Å². The van der Waals surface area contributed by atoms with E-state index in [1.54, 1.807) is 19.2 Å². The summed E-state index contributed by atoms with van der Waals surface area (Å²) >= 11 is 1.33. The fourth-order valence-electron chi connectivity index (χ4n) is 0.830. The first-order chi connectivity index (χ1) is 5.65. The Kier molecular flexibility index (Phi) is 2.83. The van der Waals surface area contributed by atoms with Crippen molar-refractivity contribution in [1.82, 2.24) is 5.32 Å². The number of rotatable bonds is 3. The van der Waals surface area contributed by atoms with Crippen molar-refractivity contribution in [2.24, 2.45) is 0 Å². The summed E-state index contributed by atoms with van der Waals surface area (Å²) in [5, 5.41) is 3.57. The molecular weight excluding hydrogens is 172 g/mol. The Balaban J connectivity index is 2.78. The number of nitrogen functional groups attached to an aromatic ring is 1. The van der Waals surface area contributed by atoms with Crippen LogP contribution in [0.2, 0.25) is 0 Å². The van der Waals surface area contributed by atoms with Gasteiger partial charge in [0.1, 0.15) is 0 Å². The summed E-state index contributed by atoms with van der Waals surface area (Å²) in [7, 11) is 1.76. The zero-order chi connectivity index (χ0) is 9.14. The Morgan fingerprint density at radius 2 is 2.33 bits per heavy atom. The molecule has 12 heavy (non-hydrogen) atoms. The van der Waals surface area contributed by atoms with Crippen molar-refractivity contribution in [3.8, 4) is 0 Å². The molecule has 1 rings (SSSR count). The van der Waals surface area contributed by atoms with E-state index in [9.17, 15) is 4.79 Å². The van der Waals surface area contributed by atoms with Gasteiger partial charge in [0.2, 0.25) is 0 Å². The van der Waals surface area contributed by atoms with Gasteiger partial charge in [-0.2, -0.15) is 0 Å². The van der Waals surface area contributed by atoms with Gasteiger partial charge in [-0.05, 0) is 26.1 Å². The molecule has 0 aliphatic rings. The molecule has 0 spiro atoms. The second kappa shape index (κ2) is 3.69. The lowest BCUT2D eigenvalue weighted by molar-refractivity contribution is 0.0959. The Bertz CT molecular complexity index is 282. The largest absolute Gasteiger partial charge is 0.391 e. The van der Waals surface area contributed by atoms with Gasteiger partial charge in [0.25, 0.3) is 0 Å². The molecule has 66 valence electrons. The van der Waals surface area contributed by atoms with Gasteiger partial charge in [-0.15, -0.1) is 11.3 Å². The maximum atomic E-state index is 11.5. The summed E-state index contributed by atoms with van der Waals surface area (Å²) in [5.74, 6) is 0.0965. The van der Waals surface area contributed by atoms with Crippen molar-refractivity contribution in [3.05, 3.63) is 17.0 Å². The van der Waals surface area contributed by atoms with E-state index in [1.165, 1.54) is 11.3 Å². The molecule has 0 aliphatic heterocycles. The maximum Gasteiger partial charge on any atom is 0.189 e. The van der Waals surface area contributed by atoms with Gasteiger partial charge in [-0.3, -0.25) is 4.79 Å². The van der Waals surface area contributed by atoms with Gasteiger partial charge in [0.05, 0.1) is 15.9 Å². The highest BCUT2D eigenvalue weighted by Gasteiger charge is 2.14. The van der Waals surface area contributed by atoms with Crippen LogP contribution >= 0.6 is 11.3 Å². The van der Waals surface area contributed by atoms with Crippen LogP contribution < -0.4 is 11.1 Å². The van der Waals surface area contributed by atoms with Crippen LogP contribution in [0.25, 0.3) is 0 Å². The Morgan fingerprint density at radius 3 is 2.75 bits per heavy atom. The van der Waals surface area contributed by atoms with E-state index in [4.69, 9.17) is 5.73 Å². The summed E-state index contributed by atoms with van der Waals surface area (Å²) in [6, 6.07) is 3.37.